The number of hydrogen-bond donors (Lipinski definition) is 1. The Morgan fingerprint density at radius 2 is 1.55 bits per heavy atom. The van der Waals surface area contributed by atoms with Gasteiger partial charge in [0.2, 0.25) is 5.92 Å². The molecule has 0 bridgehead atoms. The zero-order valence-electron chi connectivity index (χ0n) is 6.21. The molecule has 0 fully saturated rings. The first-order chi connectivity index (χ1) is 4.77. The SMILES string of the molecule is CC(F)(F)CCC(F)(F)CN. The molecule has 0 heterocycles. The molecule has 0 spiro atoms. The highest BCUT2D eigenvalue weighted by Crippen LogP contribution is 2.26. The summed E-state index contributed by atoms with van der Waals surface area (Å²) in [5, 5.41) is 0. The molecule has 0 aromatic rings. The molecule has 0 saturated heterocycles. The maximum atomic E-state index is 12.2. The van der Waals surface area contributed by atoms with E-state index in [-0.39, 0.29) is 0 Å². The summed E-state index contributed by atoms with van der Waals surface area (Å²) in [4.78, 5) is 0. The number of hydrogen-bond acceptors (Lipinski definition) is 1. The van der Waals surface area contributed by atoms with Crippen LogP contribution < -0.4 is 5.73 Å². The van der Waals surface area contributed by atoms with Crippen molar-refractivity contribution in [2.24, 2.45) is 5.73 Å². The Hall–Kier alpha value is -0.320. The zero-order valence-corrected chi connectivity index (χ0v) is 6.21. The van der Waals surface area contributed by atoms with E-state index >= 15 is 0 Å². The number of rotatable bonds is 4. The Labute approximate surface area is 62.6 Å². The van der Waals surface area contributed by atoms with E-state index in [9.17, 15) is 17.6 Å². The van der Waals surface area contributed by atoms with E-state index in [1.54, 1.807) is 0 Å². The van der Waals surface area contributed by atoms with Gasteiger partial charge in [0.15, 0.2) is 0 Å². The molecule has 2 N–H and O–H groups in total. The van der Waals surface area contributed by atoms with Crippen molar-refractivity contribution in [3.05, 3.63) is 0 Å². The molecule has 0 aromatic heterocycles. The van der Waals surface area contributed by atoms with Gasteiger partial charge in [0.25, 0.3) is 5.92 Å². The Balaban J connectivity index is 3.70. The number of nitrogens with two attached hydrogens (primary N) is 1. The first-order valence-corrected chi connectivity index (χ1v) is 3.22. The summed E-state index contributed by atoms with van der Waals surface area (Å²) in [6, 6.07) is 0. The predicted molar refractivity (Wildman–Crippen MR) is 33.9 cm³/mol. The molecule has 68 valence electrons. The third kappa shape index (κ3) is 6.09. The predicted octanol–water partition coefficient (Wildman–Crippen LogP) is 2.02. The quantitative estimate of drug-likeness (QED) is 0.646. The topological polar surface area (TPSA) is 26.0 Å². The second kappa shape index (κ2) is 3.38. The molecule has 0 amide bonds. The molecule has 5 heteroatoms. The summed E-state index contributed by atoms with van der Waals surface area (Å²) in [5.74, 6) is -6.18. The van der Waals surface area contributed by atoms with Crippen molar-refractivity contribution < 1.29 is 17.6 Å². The van der Waals surface area contributed by atoms with Crippen LogP contribution in [-0.4, -0.2) is 18.4 Å². The minimum absolute atomic E-state index is 0.611. The van der Waals surface area contributed by atoms with Gasteiger partial charge in [0.05, 0.1) is 6.54 Å². The van der Waals surface area contributed by atoms with Crippen LogP contribution in [0.3, 0.4) is 0 Å². The van der Waals surface area contributed by atoms with Crippen LogP contribution in [0.15, 0.2) is 0 Å². The van der Waals surface area contributed by atoms with Gasteiger partial charge in [-0.05, 0) is 6.92 Å². The molecule has 0 aliphatic heterocycles. The monoisotopic (exact) mass is 173 g/mol. The molecule has 1 nitrogen and oxygen atoms in total. The fraction of sp³-hybridized carbons (Fsp3) is 1.00. The third-order valence-electron chi connectivity index (χ3n) is 1.23. The highest BCUT2D eigenvalue weighted by atomic mass is 19.3. The third-order valence-corrected chi connectivity index (χ3v) is 1.23. The average molecular weight is 173 g/mol. The molecule has 0 aromatic carbocycles. The van der Waals surface area contributed by atoms with E-state index in [4.69, 9.17) is 0 Å². The van der Waals surface area contributed by atoms with Gasteiger partial charge >= 0.3 is 0 Å². The molecule has 0 unspecified atom stereocenters. The van der Waals surface area contributed by atoms with E-state index in [2.05, 4.69) is 5.73 Å². The van der Waals surface area contributed by atoms with E-state index in [1.165, 1.54) is 0 Å². The molecule has 11 heavy (non-hydrogen) atoms. The first-order valence-electron chi connectivity index (χ1n) is 3.22. The van der Waals surface area contributed by atoms with Gasteiger partial charge in [-0.3, -0.25) is 0 Å². The summed E-state index contributed by atoms with van der Waals surface area (Å²) in [5.41, 5.74) is 4.64. The van der Waals surface area contributed by atoms with E-state index in [1.807, 2.05) is 0 Å². The van der Waals surface area contributed by atoms with Gasteiger partial charge in [-0.1, -0.05) is 0 Å². The van der Waals surface area contributed by atoms with Gasteiger partial charge in [-0.2, -0.15) is 0 Å². The van der Waals surface area contributed by atoms with E-state index in [0.29, 0.717) is 6.92 Å². The fourth-order valence-corrected chi connectivity index (χ4v) is 0.504. The van der Waals surface area contributed by atoms with Crippen molar-refractivity contribution in [2.75, 3.05) is 6.54 Å². The molecule has 0 saturated carbocycles. The second-order valence-corrected chi connectivity index (χ2v) is 2.63. The standard InChI is InChI=1S/C6H11F4N/c1-5(7,8)2-3-6(9,10)4-11/h2-4,11H2,1H3. The Morgan fingerprint density at radius 3 is 1.82 bits per heavy atom. The largest absolute Gasteiger partial charge is 0.325 e. The van der Waals surface area contributed by atoms with Gasteiger partial charge in [0, 0.05) is 12.8 Å². The smallest absolute Gasteiger partial charge is 0.260 e. The molecular formula is C6H11F4N. The lowest BCUT2D eigenvalue weighted by Crippen LogP contribution is -2.29. The minimum atomic E-state index is -3.15. The van der Waals surface area contributed by atoms with Crippen LogP contribution in [0, 0.1) is 0 Å². The van der Waals surface area contributed by atoms with Crippen LogP contribution >= 0.6 is 0 Å². The van der Waals surface area contributed by atoms with Gasteiger partial charge in [0.1, 0.15) is 0 Å². The Kier molecular flexibility index (Phi) is 3.29. The van der Waals surface area contributed by atoms with E-state index in [0.717, 1.165) is 0 Å². The maximum Gasteiger partial charge on any atom is 0.260 e. The van der Waals surface area contributed by atoms with Crippen molar-refractivity contribution in [3.8, 4) is 0 Å². The van der Waals surface area contributed by atoms with Crippen LogP contribution in [0.5, 0.6) is 0 Å². The Morgan fingerprint density at radius 1 is 1.09 bits per heavy atom. The van der Waals surface area contributed by atoms with Crippen molar-refractivity contribution in [2.45, 2.75) is 31.6 Å². The van der Waals surface area contributed by atoms with Crippen molar-refractivity contribution in [1.29, 1.82) is 0 Å². The molecule has 0 rings (SSSR count). The summed E-state index contributed by atoms with van der Waals surface area (Å²) in [6.45, 7) is -0.261. The zero-order chi connectivity index (χ0) is 9.12. The summed E-state index contributed by atoms with van der Waals surface area (Å²) < 4.78 is 48.5. The summed E-state index contributed by atoms with van der Waals surface area (Å²) in [6.07, 6.45) is -1.68. The maximum absolute atomic E-state index is 12.2. The lowest BCUT2D eigenvalue weighted by Gasteiger charge is -2.16. The average Bonchev–Trinajstić information content (AvgIpc) is 1.83. The summed E-state index contributed by atoms with van der Waals surface area (Å²) >= 11 is 0. The normalized spacial score (nSPS) is 13.6. The summed E-state index contributed by atoms with van der Waals surface area (Å²) in [7, 11) is 0. The van der Waals surface area contributed by atoms with Crippen molar-refractivity contribution in [1.82, 2.24) is 0 Å². The molecule has 0 atom stereocenters. The molecular weight excluding hydrogens is 162 g/mol. The van der Waals surface area contributed by atoms with Gasteiger partial charge in [-0.25, -0.2) is 17.6 Å². The Bertz CT molecular complexity index is 118. The number of alkyl halides is 4. The van der Waals surface area contributed by atoms with Gasteiger partial charge in [-0.15, -0.1) is 0 Å². The van der Waals surface area contributed by atoms with Crippen LogP contribution in [0.1, 0.15) is 19.8 Å². The molecule has 0 radical (unpaired) electrons. The molecule has 0 aliphatic carbocycles. The minimum Gasteiger partial charge on any atom is -0.325 e. The first kappa shape index (κ1) is 10.7. The van der Waals surface area contributed by atoms with Crippen molar-refractivity contribution >= 4 is 0 Å². The lowest BCUT2D eigenvalue weighted by molar-refractivity contribution is -0.0482. The van der Waals surface area contributed by atoms with Crippen LogP contribution in [0.2, 0.25) is 0 Å². The van der Waals surface area contributed by atoms with Crippen LogP contribution in [0.4, 0.5) is 17.6 Å². The highest BCUT2D eigenvalue weighted by Gasteiger charge is 2.32. The fourth-order valence-electron chi connectivity index (χ4n) is 0.504. The molecule has 0 aliphatic rings. The van der Waals surface area contributed by atoms with Crippen molar-refractivity contribution in [3.63, 3.8) is 0 Å². The highest BCUT2D eigenvalue weighted by molar-refractivity contribution is 4.70. The lowest BCUT2D eigenvalue weighted by atomic mass is 10.1. The van der Waals surface area contributed by atoms with E-state index < -0.39 is 31.2 Å². The number of halogens is 4. The van der Waals surface area contributed by atoms with Crippen LogP contribution in [-0.2, 0) is 0 Å². The second-order valence-electron chi connectivity index (χ2n) is 2.63. The van der Waals surface area contributed by atoms with Crippen LogP contribution in [0.25, 0.3) is 0 Å². The van der Waals surface area contributed by atoms with Gasteiger partial charge < -0.3 is 5.73 Å².